The van der Waals surface area contributed by atoms with Gasteiger partial charge in [-0.25, -0.2) is 9.36 Å². The van der Waals surface area contributed by atoms with Crippen LogP contribution in [0.15, 0.2) is 11.6 Å². The minimum Gasteiger partial charge on any atom is -0.426 e. The van der Waals surface area contributed by atoms with Crippen LogP contribution in [0.5, 0.6) is 0 Å². The molecule has 14 heavy (non-hydrogen) atoms. The highest BCUT2D eigenvalue weighted by Crippen LogP contribution is 2.25. The number of carbonyl (C=O) groups excluding carboxylic acids is 1. The van der Waals surface area contributed by atoms with Crippen molar-refractivity contribution in [2.45, 2.75) is 19.6 Å². The van der Waals surface area contributed by atoms with Crippen molar-refractivity contribution in [3.8, 4) is 0 Å². The van der Waals surface area contributed by atoms with E-state index in [1.54, 1.807) is 6.92 Å². The lowest BCUT2D eigenvalue weighted by molar-refractivity contribution is -0.172. The molecule has 0 saturated heterocycles. The molecule has 1 heterocycles. The lowest BCUT2D eigenvalue weighted by Gasteiger charge is -2.11. The molecule has 1 aliphatic heterocycles. The third-order valence-electron chi connectivity index (χ3n) is 1.11. The van der Waals surface area contributed by atoms with E-state index in [2.05, 4.69) is 4.74 Å². The van der Waals surface area contributed by atoms with Crippen LogP contribution in [0.4, 0.5) is 0 Å². The molecule has 4 N–H and O–H groups in total. The van der Waals surface area contributed by atoms with Gasteiger partial charge in [0.2, 0.25) is 5.79 Å². The van der Waals surface area contributed by atoms with Gasteiger partial charge in [0.15, 0.2) is 0 Å². The number of phosphoric acid groups is 1. The van der Waals surface area contributed by atoms with Gasteiger partial charge in [-0.3, -0.25) is 0 Å². The number of hydrogen-bond donors (Lipinski definition) is 4. The molecule has 0 radical (unpaired) electrons. The number of cyclic esters (lactones) is 1. The lowest BCUT2D eigenvalue weighted by atomic mass is 10.2. The summed E-state index contributed by atoms with van der Waals surface area (Å²) in [6.07, 6.45) is 1.38. The molecule has 1 rings (SSSR count). The smallest absolute Gasteiger partial charge is 0.426 e. The summed E-state index contributed by atoms with van der Waals surface area (Å²) in [5.41, 5.74) is 0.458. The Balaban J connectivity index is 0.000000292. The predicted molar refractivity (Wildman–Crippen MR) is 44.7 cm³/mol. The summed E-state index contributed by atoms with van der Waals surface area (Å²) in [4.78, 5) is 32.1. The highest BCUT2D eigenvalue weighted by molar-refractivity contribution is 7.45. The number of carbonyl (C=O) groups is 1. The van der Waals surface area contributed by atoms with Crippen molar-refractivity contribution in [1.82, 2.24) is 0 Å². The van der Waals surface area contributed by atoms with Gasteiger partial charge in [-0.1, -0.05) is 0 Å². The fourth-order valence-electron chi connectivity index (χ4n) is 0.758. The molecule has 1 unspecified atom stereocenters. The Morgan fingerprint density at radius 2 is 1.79 bits per heavy atom. The maximum atomic E-state index is 10.5. The average molecular weight is 226 g/mol. The van der Waals surface area contributed by atoms with Crippen molar-refractivity contribution in [1.29, 1.82) is 0 Å². The van der Waals surface area contributed by atoms with Gasteiger partial charge in [-0.2, -0.15) is 0 Å². The van der Waals surface area contributed by atoms with Crippen LogP contribution >= 0.6 is 7.82 Å². The fraction of sp³-hybridized carbons (Fsp3) is 0.500. The monoisotopic (exact) mass is 226 g/mol. The van der Waals surface area contributed by atoms with Gasteiger partial charge >= 0.3 is 13.8 Å². The molecule has 0 aromatic carbocycles. The van der Waals surface area contributed by atoms with Crippen LogP contribution in [0, 0.1) is 0 Å². The molecule has 7 nitrogen and oxygen atoms in total. The third-order valence-corrected chi connectivity index (χ3v) is 1.11. The highest BCUT2D eigenvalue weighted by atomic mass is 31.2. The number of esters is 1. The molecular weight excluding hydrogens is 215 g/mol. The minimum atomic E-state index is -4.64. The van der Waals surface area contributed by atoms with Gasteiger partial charge in [-0.15, -0.1) is 0 Å². The van der Waals surface area contributed by atoms with Crippen molar-refractivity contribution < 1.29 is 33.9 Å². The summed E-state index contributed by atoms with van der Waals surface area (Å²) < 4.78 is 13.4. The normalized spacial score (nSPS) is 26.1. The van der Waals surface area contributed by atoms with E-state index in [1.165, 1.54) is 13.0 Å². The summed E-state index contributed by atoms with van der Waals surface area (Å²) in [6, 6.07) is 0. The van der Waals surface area contributed by atoms with Crippen molar-refractivity contribution in [3.63, 3.8) is 0 Å². The van der Waals surface area contributed by atoms with Crippen LogP contribution in [-0.2, 0) is 14.1 Å². The van der Waals surface area contributed by atoms with Crippen molar-refractivity contribution >= 4 is 13.8 Å². The zero-order chi connectivity index (χ0) is 11.6. The standard InChI is InChI=1S/C6H8O3.H3O4P/c1-4-3-6(2,8)9-5(4)7;1-5(2,3)4/h3,8H,1-2H3;(H3,1,2,3,4). The van der Waals surface area contributed by atoms with E-state index in [1.807, 2.05) is 0 Å². The van der Waals surface area contributed by atoms with Gasteiger partial charge in [-0.05, 0) is 13.0 Å². The Labute approximate surface area is 79.9 Å². The molecule has 0 saturated carbocycles. The Morgan fingerprint density at radius 1 is 1.43 bits per heavy atom. The van der Waals surface area contributed by atoms with Crippen LogP contribution in [0.1, 0.15) is 13.8 Å². The topological polar surface area (TPSA) is 124 Å². The van der Waals surface area contributed by atoms with E-state index in [0.717, 1.165) is 0 Å². The minimum absolute atomic E-state index is 0.444. The van der Waals surface area contributed by atoms with Gasteiger partial charge in [0.1, 0.15) is 0 Å². The van der Waals surface area contributed by atoms with Gasteiger partial charge in [0.25, 0.3) is 0 Å². The fourth-order valence-corrected chi connectivity index (χ4v) is 0.758. The molecule has 0 bridgehead atoms. The Kier molecular flexibility index (Phi) is 3.99. The second-order valence-corrected chi connectivity index (χ2v) is 3.81. The first-order chi connectivity index (χ1) is 6.01. The van der Waals surface area contributed by atoms with E-state index in [4.69, 9.17) is 24.4 Å². The lowest BCUT2D eigenvalue weighted by Crippen LogP contribution is -2.22. The van der Waals surface area contributed by atoms with E-state index in [0.29, 0.717) is 5.57 Å². The Hall–Kier alpha value is -0.720. The third kappa shape index (κ3) is 6.76. The first-order valence-electron chi connectivity index (χ1n) is 3.45. The SMILES string of the molecule is CC1=CC(C)(O)OC1=O.O=P(O)(O)O. The molecule has 0 aromatic rings. The molecule has 8 heteroatoms. The molecule has 1 aliphatic rings. The van der Waals surface area contributed by atoms with Crippen LogP contribution in [-0.4, -0.2) is 31.5 Å². The second kappa shape index (κ2) is 4.20. The summed E-state index contributed by atoms with van der Waals surface area (Å²) in [7, 11) is -4.64. The first kappa shape index (κ1) is 13.3. The first-order valence-corrected chi connectivity index (χ1v) is 5.01. The predicted octanol–water partition coefficient (Wildman–Crippen LogP) is -0.731. The summed E-state index contributed by atoms with van der Waals surface area (Å²) in [6.45, 7) is 3.02. The molecule has 82 valence electrons. The van der Waals surface area contributed by atoms with Crippen molar-refractivity contribution in [2.24, 2.45) is 0 Å². The Morgan fingerprint density at radius 3 is 1.86 bits per heavy atom. The van der Waals surface area contributed by atoms with E-state index >= 15 is 0 Å². The molecule has 0 amide bonds. The van der Waals surface area contributed by atoms with Crippen molar-refractivity contribution in [3.05, 3.63) is 11.6 Å². The molecule has 0 aromatic heterocycles. The number of hydrogen-bond acceptors (Lipinski definition) is 4. The maximum Gasteiger partial charge on any atom is 0.466 e. The highest BCUT2D eigenvalue weighted by Gasteiger charge is 2.30. The zero-order valence-electron chi connectivity index (χ0n) is 7.54. The molecule has 0 spiro atoms. The van der Waals surface area contributed by atoms with E-state index in [-0.39, 0.29) is 0 Å². The Bertz CT molecular complexity index is 291. The maximum absolute atomic E-state index is 10.5. The number of ether oxygens (including phenoxy) is 1. The van der Waals surface area contributed by atoms with Gasteiger partial charge in [0, 0.05) is 12.5 Å². The largest absolute Gasteiger partial charge is 0.466 e. The van der Waals surface area contributed by atoms with Crippen molar-refractivity contribution in [2.75, 3.05) is 0 Å². The summed E-state index contributed by atoms with van der Waals surface area (Å²) in [5, 5.41) is 9.02. The van der Waals surface area contributed by atoms with Crippen LogP contribution in [0.25, 0.3) is 0 Å². The summed E-state index contributed by atoms with van der Waals surface area (Å²) in [5.74, 6) is -1.82. The number of aliphatic hydroxyl groups is 1. The second-order valence-electron chi connectivity index (χ2n) is 2.78. The summed E-state index contributed by atoms with van der Waals surface area (Å²) >= 11 is 0. The molecule has 0 fully saturated rings. The molecule has 0 aliphatic carbocycles. The van der Waals surface area contributed by atoms with Crippen LogP contribution in [0.2, 0.25) is 0 Å². The van der Waals surface area contributed by atoms with E-state index < -0.39 is 19.6 Å². The van der Waals surface area contributed by atoms with Crippen LogP contribution < -0.4 is 0 Å². The average Bonchev–Trinajstić information content (AvgIpc) is 1.99. The quantitative estimate of drug-likeness (QED) is 0.317. The van der Waals surface area contributed by atoms with Crippen LogP contribution in [0.3, 0.4) is 0 Å². The van der Waals surface area contributed by atoms with E-state index in [9.17, 15) is 4.79 Å². The zero-order valence-corrected chi connectivity index (χ0v) is 8.43. The van der Waals surface area contributed by atoms with Gasteiger partial charge < -0.3 is 24.5 Å². The van der Waals surface area contributed by atoms with Gasteiger partial charge in [0.05, 0.1) is 0 Å². The number of rotatable bonds is 0. The molecular formula is C6H11O7P. The molecule has 1 atom stereocenters.